The van der Waals surface area contributed by atoms with Crippen molar-refractivity contribution in [1.29, 1.82) is 0 Å². The van der Waals surface area contributed by atoms with Crippen molar-refractivity contribution >= 4 is 29.0 Å². The predicted molar refractivity (Wildman–Crippen MR) is 65.1 cm³/mol. The van der Waals surface area contributed by atoms with Gasteiger partial charge in [0.05, 0.1) is 0 Å². The molecule has 0 aliphatic rings. The number of benzene rings is 1. The number of carbonyl (C=O) groups excluding carboxylic acids is 1. The van der Waals surface area contributed by atoms with Gasteiger partial charge in [-0.3, -0.25) is 4.79 Å². The molecule has 1 rings (SSSR count). The van der Waals surface area contributed by atoms with Crippen molar-refractivity contribution in [3.63, 3.8) is 0 Å². The Balaban J connectivity index is 2.75. The molecule has 1 nitrogen and oxygen atoms in total. The van der Waals surface area contributed by atoms with E-state index in [4.69, 9.17) is 23.2 Å². The van der Waals surface area contributed by atoms with Crippen LogP contribution < -0.4 is 0 Å². The van der Waals surface area contributed by atoms with Crippen molar-refractivity contribution in [2.75, 3.05) is 5.88 Å². The van der Waals surface area contributed by atoms with Gasteiger partial charge in [-0.05, 0) is 12.0 Å². The zero-order valence-corrected chi connectivity index (χ0v) is 10.2. The molecule has 0 aliphatic carbocycles. The van der Waals surface area contributed by atoms with E-state index >= 15 is 0 Å². The summed E-state index contributed by atoms with van der Waals surface area (Å²) < 4.78 is 0. The number of ketones is 1. The lowest BCUT2D eigenvalue weighted by atomic mass is 10.0. The molecule has 3 heteroatoms. The summed E-state index contributed by atoms with van der Waals surface area (Å²) in [7, 11) is 0. The first-order valence-corrected chi connectivity index (χ1v) is 5.99. The van der Waals surface area contributed by atoms with Crippen molar-refractivity contribution < 1.29 is 4.79 Å². The fraction of sp³-hybridized carbons (Fsp3) is 0.417. The number of hydrogen-bond donors (Lipinski definition) is 0. The molecule has 1 aromatic carbocycles. The minimum absolute atomic E-state index is 0.102. The molecule has 0 bridgehead atoms. The van der Waals surface area contributed by atoms with E-state index in [9.17, 15) is 4.79 Å². The van der Waals surface area contributed by atoms with Crippen LogP contribution in [0.25, 0.3) is 0 Å². The predicted octanol–water partition coefficient (Wildman–Crippen LogP) is 3.67. The van der Waals surface area contributed by atoms with E-state index in [1.807, 2.05) is 24.3 Å². The SMILES string of the molecule is CCCc1ccc(C(=O)C(Cl)CCl)cc1. The van der Waals surface area contributed by atoms with Gasteiger partial charge < -0.3 is 0 Å². The van der Waals surface area contributed by atoms with E-state index in [0.29, 0.717) is 5.56 Å². The molecule has 0 aromatic heterocycles. The third-order valence-electron chi connectivity index (χ3n) is 2.20. The monoisotopic (exact) mass is 244 g/mol. The molecular formula is C12H14Cl2O. The molecule has 0 amide bonds. The second kappa shape index (κ2) is 6.14. The maximum Gasteiger partial charge on any atom is 0.181 e. The summed E-state index contributed by atoms with van der Waals surface area (Å²) in [5.74, 6) is 0.0478. The largest absolute Gasteiger partial charge is 0.292 e. The van der Waals surface area contributed by atoms with Crippen LogP contribution in [0.1, 0.15) is 29.3 Å². The fourth-order valence-electron chi connectivity index (χ4n) is 1.38. The summed E-state index contributed by atoms with van der Waals surface area (Å²) in [6, 6.07) is 7.56. The van der Waals surface area contributed by atoms with Gasteiger partial charge in [0, 0.05) is 11.4 Å². The van der Waals surface area contributed by atoms with Crippen LogP contribution in [-0.4, -0.2) is 17.0 Å². The highest BCUT2D eigenvalue weighted by atomic mass is 35.5. The molecule has 1 atom stereocenters. The van der Waals surface area contributed by atoms with Crippen LogP contribution in [-0.2, 0) is 6.42 Å². The van der Waals surface area contributed by atoms with Crippen LogP contribution >= 0.6 is 23.2 Å². The van der Waals surface area contributed by atoms with Crippen LogP contribution in [0.15, 0.2) is 24.3 Å². The zero-order chi connectivity index (χ0) is 11.3. The lowest BCUT2D eigenvalue weighted by molar-refractivity contribution is 0.0993. The van der Waals surface area contributed by atoms with Crippen LogP contribution in [0.5, 0.6) is 0 Å². The quantitative estimate of drug-likeness (QED) is 0.571. The first-order chi connectivity index (χ1) is 7.19. The maximum absolute atomic E-state index is 11.6. The average Bonchev–Trinajstić information content (AvgIpc) is 2.28. The number of alkyl halides is 2. The Morgan fingerprint density at radius 1 is 1.33 bits per heavy atom. The van der Waals surface area contributed by atoms with Gasteiger partial charge in [0.2, 0.25) is 0 Å². The van der Waals surface area contributed by atoms with Crippen LogP contribution in [0, 0.1) is 0 Å². The lowest BCUT2D eigenvalue weighted by Crippen LogP contribution is -2.16. The molecule has 0 spiro atoms. The molecule has 1 unspecified atom stereocenters. The molecule has 0 aliphatic heterocycles. The highest BCUT2D eigenvalue weighted by Gasteiger charge is 2.15. The highest BCUT2D eigenvalue weighted by molar-refractivity contribution is 6.38. The van der Waals surface area contributed by atoms with Crippen molar-refractivity contribution in [3.8, 4) is 0 Å². The summed E-state index contributed by atoms with van der Waals surface area (Å²) in [5.41, 5.74) is 1.88. The number of aryl methyl sites for hydroxylation is 1. The van der Waals surface area contributed by atoms with Gasteiger partial charge in [0.25, 0.3) is 0 Å². The van der Waals surface area contributed by atoms with E-state index in [1.54, 1.807) is 0 Å². The number of halogens is 2. The van der Waals surface area contributed by atoms with Crippen LogP contribution in [0.2, 0.25) is 0 Å². The Hall–Kier alpha value is -0.530. The zero-order valence-electron chi connectivity index (χ0n) is 8.67. The Bertz CT molecular complexity index is 319. The van der Waals surface area contributed by atoms with Gasteiger partial charge in [-0.1, -0.05) is 37.6 Å². The van der Waals surface area contributed by atoms with Crippen molar-refractivity contribution in [2.45, 2.75) is 25.1 Å². The third-order valence-corrected chi connectivity index (χ3v) is 3.02. The average molecular weight is 245 g/mol. The van der Waals surface area contributed by atoms with Crippen molar-refractivity contribution in [3.05, 3.63) is 35.4 Å². The summed E-state index contributed by atoms with van der Waals surface area (Å²) >= 11 is 11.3. The Kier molecular flexibility index (Phi) is 5.13. The van der Waals surface area contributed by atoms with Gasteiger partial charge in [-0.2, -0.15) is 0 Å². The minimum Gasteiger partial charge on any atom is -0.292 e. The summed E-state index contributed by atoms with van der Waals surface area (Å²) in [4.78, 5) is 11.6. The van der Waals surface area contributed by atoms with Crippen LogP contribution in [0.3, 0.4) is 0 Å². The van der Waals surface area contributed by atoms with Crippen LogP contribution in [0.4, 0.5) is 0 Å². The maximum atomic E-state index is 11.6. The third kappa shape index (κ3) is 3.51. The first-order valence-electron chi connectivity index (χ1n) is 5.02. The number of hydrogen-bond acceptors (Lipinski definition) is 1. The molecule has 0 saturated carbocycles. The molecular weight excluding hydrogens is 231 g/mol. The lowest BCUT2D eigenvalue weighted by Gasteiger charge is -2.05. The van der Waals surface area contributed by atoms with E-state index in [2.05, 4.69) is 6.92 Å². The number of carbonyl (C=O) groups is 1. The van der Waals surface area contributed by atoms with Gasteiger partial charge in [-0.25, -0.2) is 0 Å². The van der Waals surface area contributed by atoms with Crippen molar-refractivity contribution in [1.82, 2.24) is 0 Å². The van der Waals surface area contributed by atoms with Gasteiger partial charge in [-0.15, -0.1) is 23.2 Å². The molecule has 0 heterocycles. The number of rotatable bonds is 5. The van der Waals surface area contributed by atoms with Gasteiger partial charge in [0.1, 0.15) is 5.38 Å². The van der Waals surface area contributed by atoms with E-state index in [0.717, 1.165) is 12.8 Å². The Morgan fingerprint density at radius 3 is 2.40 bits per heavy atom. The molecule has 15 heavy (non-hydrogen) atoms. The highest BCUT2D eigenvalue weighted by Crippen LogP contribution is 2.12. The van der Waals surface area contributed by atoms with Crippen molar-refractivity contribution in [2.24, 2.45) is 0 Å². The summed E-state index contributed by atoms with van der Waals surface area (Å²) in [6.07, 6.45) is 2.14. The second-order valence-electron chi connectivity index (χ2n) is 3.43. The molecule has 0 fully saturated rings. The molecule has 0 N–H and O–H groups in total. The second-order valence-corrected chi connectivity index (χ2v) is 4.27. The molecule has 0 radical (unpaired) electrons. The number of Topliss-reactive ketones (excluding diaryl/α,β-unsaturated/α-hetero) is 1. The Morgan fingerprint density at radius 2 is 1.93 bits per heavy atom. The normalized spacial score (nSPS) is 12.5. The van der Waals surface area contributed by atoms with Gasteiger partial charge >= 0.3 is 0 Å². The summed E-state index contributed by atoms with van der Waals surface area (Å²) in [5, 5.41) is -0.622. The fourth-order valence-corrected chi connectivity index (χ4v) is 1.64. The molecule has 1 aromatic rings. The molecule has 0 saturated heterocycles. The van der Waals surface area contributed by atoms with E-state index in [1.165, 1.54) is 5.56 Å². The summed E-state index contributed by atoms with van der Waals surface area (Å²) in [6.45, 7) is 2.13. The molecule has 82 valence electrons. The standard InChI is InChI=1S/C12H14Cl2O/c1-2-3-9-4-6-10(7-5-9)12(15)11(14)8-13/h4-7,11H,2-3,8H2,1H3. The first kappa shape index (κ1) is 12.5. The van der Waals surface area contributed by atoms with E-state index < -0.39 is 5.38 Å². The van der Waals surface area contributed by atoms with E-state index in [-0.39, 0.29) is 11.7 Å². The minimum atomic E-state index is -0.622. The van der Waals surface area contributed by atoms with Gasteiger partial charge in [0.15, 0.2) is 5.78 Å². The Labute approximate surface area is 100 Å². The topological polar surface area (TPSA) is 17.1 Å². The smallest absolute Gasteiger partial charge is 0.181 e.